The van der Waals surface area contributed by atoms with Gasteiger partial charge in [-0.2, -0.15) is 0 Å². The zero-order valence-corrected chi connectivity index (χ0v) is 13.4. The fourth-order valence-corrected chi connectivity index (χ4v) is 3.79. The van der Waals surface area contributed by atoms with Crippen molar-refractivity contribution in [3.05, 3.63) is 57.9 Å². The summed E-state index contributed by atoms with van der Waals surface area (Å²) < 4.78 is 2.06. The number of hydrogen-bond acceptors (Lipinski definition) is 4. The molecule has 110 valence electrons. The highest BCUT2D eigenvalue weighted by molar-refractivity contribution is 7.15. The van der Waals surface area contributed by atoms with E-state index in [1.165, 1.54) is 22.3 Å². The van der Waals surface area contributed by atoms with Gasteiger partial charge in [0.05, 0.1) is 11.7 Å². The molecule has 3 aromatic rings. The number of nitrogens with zero attached hydrogens (tertiary/aromatic N) is 2. The molecule has 1 unspecified atom stereocenters. The third-order valence-electron chi connectivity index (χ3n) is 3.84. The van der Waals surface area contributed by atoms with E-state index in [0.717, 1.165) is 17.1 Å². The predicted octanol–water partition coefficient (Wildman–Crippen LogP) is 3.07. The Morgan fingerprint density at radius 2 is 2.00 bits per heavy atom. The Balaban J connectivity index is 1.93. The number of benzene rings is 1. The number of imidazole rings is 1. The molecule has 1 atom stereocenters. The first-order chi connectivity index (χ1) is 10.1. The molecule has 1 aromatic carbocycles. The van der Waals surface area contributed by atoms with Crippen LogP contribution in [0.25, 0.3) is 4.96 Å². The molecule has 4 nitrogen and oxygen atoms in total. The highest BCUT2D eigenvalue weighted by atomic mass is 32.1. The number of thiazole rings is 1. The maximum atomic E-state index is 5.82. The number of rotatable bonds is 4. The monoisotopic (exact) mass is 300 g/mol. The van der Waals surface area contributed by atoms with E-state index in [1.807, 2.05) is 11.6 Å². The molecule has 0 aliphatic carbocycles. The lowest BCUT2D eigenvalue weighted by atomic mass is 9.92. The number of aromatic nitrogens is 2. The summed E-state index contributed by atoms with van der Waals surface area (Å²) >= 11 is 1.65. The van der Waals surface area contributed by atoms with Gasteiger partial charge in [0.15, 0.2) is 4.96 Å². The van der Waals surface area contributed by atoms with Crippen LogP contribution in [0.3, 0.4) is 0 Å². The van der Waals surface area contributed by atoms with Crippen molar-refractivity contribution in [1.29, 1.82) is 0 Å². The molecule has 2 aromatic heterocycles. The van der Waals surface area contributed by atoms with Crippen molar-refractivity contribution in [3.63, 3.8) is 0 Å². The molecule has 0 amide bonds. The first-order valence-electron chi connectivity index (χ1n) is 7.03. The van der Waals surface area contributed by atoms with E-state index in [0.29, 0.717) is 0 Å². The third kappa shape index (κ3) is 2.72. The molecule has 0 bridgehead atoms. The summed E-state index contributed by atoms with van der Waals surface area (Å²) in [5.74, 6) is 5.82. The number of aryl methyl sites for hydroxylation is 3. The van der Waals surface area contributed by atoms with Gasteiger partial charge in [-0.3, -0.25) is 15.7 Å². The van der Waals surface area contributed by atoms with Crippen molar-refractivity contribution < 1.29 is 0 Å². The molecule has 0 spiro atoms. The summed E-state index contributed by atoms with van der Waals surface area (Å²) in [6.07, 6.45) is 4.90. The molecule has 21 heavy (non-hydrogen) atoms. The van der Waals surface area contributed by atoms with Gasteiger partial charge in [-0.05, 0) is 37.5 Å². The molecule has 0 radical (unpaired) electrons. The van der Waals surface area contributed by atoms with Gasteiger partial charge < -0.3 is 0 Å². The van der Waals surface area contributed by atoms with E-state index in [-0.39, 0.29) is 6.04 Å². The van der Waals surface area contributed by atoms with E-state index in [1.54, 1.807) is 11.3 Å². The van der Waals surface area contributed by atoms with E-state index in [4.69, 9.17) is 5.84 Å². The highest BCUT2D eigenvalue weighted by Gasteiger charge is 2.17. The second kappa shape index (κ2) is 5.60. The fourth-order valence-electron chi connectivity index (χ4n) is 3.07. The Bertz CT molecular complexity index is 720. The van der Waals surface area contributed by atoms with Crippen LogP contribution in [0.5, 0.6) is 0 Å². The number of hydrogen-bond donors (Lipinski definition) is 2. The smallest absolute Gasteiger partial charge is 0.193 e. The molecule has 5 heteroatoms. The quantitative estimate of drug-likeness (QED) is 0.575. The lowest BCUT2D eigenvalue weighted by Crippen LogP contribution is -2.30. The summed E-state index contributed by atoms with van der Waals surface area (Å²) in [5.41, 5.74) is 9.13. The van der Waals surface area contributed by atoms with Crippen LogP contribution >= 0.6 is 11.3 Å². The van der Waals surface area contributed by atoms with Crippen LogP contribution in [-0.4, -0.2) is 9.38 Å². The van der Waals surface area contributed by atoms with Crippen molar-refractivity contribution in [3.8, 4) is 0 Å². The minimum Gasteiger partial charge on any atom is -0.297 e. The molecular weight excluding hydrogens is 280 g/mol. The van der Waals surface area contributed by atoms with Crippen LogP contribution in [0.1, 0.15) is 34.0 Å². The van der Waals surface area contributed by atoms with Gasteiger partial charge in [-0.25, -0.2) is 4.98 Å². The normalized spacial score (nSPS) is 13.0. The lowest BCUT2D eigenvalue weighted by molar-refractivity contribution is 0.542. The van der Waals surface area contributed by atoms with E-state index in [9.17, 15) is 0 Å². The minimum absolute atomic E-state index is 0.0789. The van der Waals surface area contributed by atoms with Crippen molar-refractivity contribution in [2.75, 3.05) is 0 Å². The Labute approximate surface area is 128 Å². The van der Waals surface area contributed by atoms with Crippen LogP contribution < -0.4 is 11.3 Å². The zero-order chi connectivity index (χ0) is 15.0. The van der Waals surface area contributed by atoms with Crippen molar-refractivity contribution in [2.45, 2.75) is 33.2 Å². The largest absolute Gasteiger partial charge is 0.297 e. The first-order valence-corrected chi connectivity index (χ1v) is 7.91. The average molecular weight is 300 g/mol. The Kier molecular flexibility index (Phi) is 3.80. The van der Waals surface area contributed by atoms with Crippen molar-refractivity contribution in [1.82, 2.24) is 14.8 Å². The third-order valence-corrected chi connectivity index (χ3v) is 4.61. The first kappa shape index (κ1) is 14.3. The number of fused-ring (bicyclic) bond motifs is 1. The standard InChI is InChI=1S/C16H20N4S/c1-10-6-11(2)15(12(3)7-10)14(19-17)8-13-9-20-4-5-21-16(20)18-13/h4-7,9,14,19H,8,17H2,1-3H3. The zero-order valence-electron chi connectivity index (χ0n) is 12.6. The van der Waals surface area contributed by atoms with Gasteiger partial charge in [0.25, 0.3) is 0 Å². The Morgan fingerprint density at radius 1 is 1.29 bits per heavy atom. The second-order valence-corrected chi connectivity index (χ2v) is 6.43. The molecule has 0 fully saturated rings. The molecule has 0 aliphatic rings. The number of hydrazine groups is 1. The van der Waals surface area contributed by atoms with E-state index >= 15 is 0 Å². The van der Waals surface area contributed by atoms with Crippen LogP contribution in [0, 0.1) is 20.8 Å². The Hall–Kier alpha value is -1.69. The molecular formula is C16H20N4S. The summed E-state index contributed by atoms with van der Waals surface area (Å²) in [5, 5.41) is 2.04. The SMILES string of the molecule is Cc1cc(C)c(C(Cc2cn3ccsc3n2)NN)c(C)c1. The molecule has 0 saturated carbocycles. The lowest BCUT2D eigenvalue weighted by Gasteiger charge is -2.20. The van der Waals surface area contributed by atoms with Crippen LogP contribution in [0.2, 0.25) is 0 Å². The molecule has 2 heterocycles. The fraction of sp³-hybridized carbons (Fsp3) is 0.312. The van der Waals surface area contributed by atoms with Gasteiger partial charge in [0.2, 0.25) is 0 Å². The van der Waals surface area contributed by atoms with Crippen molar-refractivity contribution in [2.24, 2.45) is 5.84 Å². The van der Waals surface area contributed by atoms with Gasteiger partial charge in [0.1, 0.15) is 0 Å². The van der Waals surface area contributed by atoms with Gasteiger partial charge >= 0.3 is 0 Å². The average Bonchev–Trinajstić information content (AvgIpc) is 2.96. The topological polar surface area (TPSA) is 55.3 Å². The summed E-state index contributed by atoms with van der Waals surface area (Å²) in [6, 6.07) is 4.49. The minimum atomic E-state index is 0.0789. The Morgan fingerprint density at radius 3 is 2.62 bits per heavy atom. The molecule has 0 saturated heterocycles. The highest BCUT2D eigenvalue weighted by Crippen LogP contribution is 2.26. The summed E-state index contributed by atoms with van der Waals surface area (Å²) in [6.45, 7) is 6.41. The molecule has 3 rings (SSSR count). The van der Waals surface area contributed by atoms with Gasteiger partial charge in [0, 0.05) is 24.2 Å². The number of nitrogens with two attached hydrogens (primary N) is 1. The van der Waals surface area contributed by atoms with Crippen LogP contribution in [0.15, 0.2) is 29.9 Å². The second-order valence-electron chi connectivity index (χ2n) is 5.56. The van der Waals surface area contributed by atoms with Crippen LogP contribution in [-0.2, 0) is 6.42 Å². The van der Waals surface area contributed by atoms with Gasteiger partial charge in [-0.1, -0.05) is 17.7 Å². The van der Waals surface area contributed by atoms with E-state index < -0.39 is 0 Å². The summed E-state index contributed by atoms with van der Waals surface area (Å²) in [4.78, 5) is 5.67. The molecule has 3 N–H and O–H groups in total. The van der Waals surface area contributed by atoms with Crippen LogP contribution in [0.4, 0.5) is 0 Å². The number of nitrogens with one attached hydrogen (secondary N) is 1. The van der Waals surface area contributed by atoms with Crippen molar-refractivity contribution >= 4 is 16.3 Å². The predicted molar refractivity (Wildman–Crippen MR) is 87.5 cm³/mol. The van der Waals surface area contributed by atoms with E-state index in [2.05, 4.69) is 53.9 Å². The maximum absolute atomic E-state index is 5.82. The van der Waals surface area contributed by atoms with Gasteiger partial charge in [-0.15, -0.1) is 11.3 Å². The maximum Gasteiger partial charge on any atom is 0.193 e. The summed E-state index contributed by atoms with van der Waals surface area (Å²) in [7, 11) is 0. The molecule has 0 aliphatic heterocycles.